The summed E-state index contributed by atoms with van der Waals surface area (Å²) in [7, 11) is 1.90. The van der Waals surface area contributed by atoms with Crippen LogP contribution in [0.4, 0.5) is 11.6 Å². The second-order valence-corrected chi connectivity index (χ2v) is 5.79. The van der Waals surface area contributed by atoms with Crippen LogP contribution in [0.5, 0.6) is 0 Å². The van der Waals surface area contributed by atoms with Crippen LogP contribution in [-0.2, 0) is 6.42 Å². The van der Waals surface area contributed by atoms with Gasteiger partial charge >= 0.3 is 0 Å². The first-order chi connectivity index (χ1) is 10.2. The Hall–Kier alpha value is -1.36. The minimum atomic E-state index is 0.165. The molecular weight excluding hydrogens is 264 g/mol. The summed E-state index contributed by atoms with van der Waals surface area (Å²) in [6.45, 7) is 5.02. The third-order valence-corrected chi connectivity index (χ3v) is 4.26. The van der Waals surface area contributed by atoms with E-state index in [4.69, 9.17) is 4.98 Å². The van der Waals surface area contributed by atoms with E-state index in [1.807, 2.05) is 7.05 Å². The zero-order chi connectivity index (χ0) is 15.2. The van der Waals surface area contributed by atoms with E-state index >= 15 is 0 Å². The van der Waals surface area contributed by atoms with E-state index in [-0.39, 0.29) is 6.61 Å². The molecule has 1 heterocycles. The highest BCUT2D eigenvalue weighted by atomic mass is 16.3. The van der Waals surface area contributed by atoms with Gasteiger partial charge in [-0.15, -0.1) is 0 Å². The molecule has 2 rings (SSSR count). The number of hydrogen-bond donors (Lipinski definition) is 2. The molecule has 1 fully saturated rings. The van der Waals surface area contributed by atoms with Crippen LogP contribution >= 0.6 is 0 Å². The van der Waals surface area contributed by atoms with Crippen LogP contribution in [0.15, 0.2) is 0 Å². The molecule has 0 radical (unpaired) electrons. The van der Waals surface area contributed by atoms with Crippen LogP contribution in [0.1, 0.15) is 50.4 Å². The molecule has 1 saturated carbocycles. The number of nitrogens with one attached hydrogen (secondary N) is 1. The zero-order valence-corrected chi connectivity index (χ0v) is 13.5. The predicted octanol–water partition coefficient (Wildman–Crippen LogP) is 2.52. The molecule has 0 aliphatic heterocycles. The molecule has 0 amide bonds. The van der Waals surface area contributed by atoms with Crippen molar-refractivity contribution >= 4 is 11.6 Å². The maximum atomic E-state index is 9.45. The van der Waals surface area contributed by atoms with Gasteiger partial charge in [0.1, 0.15) is 17.5 Å². The van der Waals surface area contributed by atoms with Gasteiger partial charge in [0.2, 0.25) is 0 Å². The van der Waals surface area contributed by atoms with Crippen molar-refractivity contribution in [2.24, 2.45) is 0 Å². The van der Waals surface area contributed by atoms with Gasteiger partial charge in [0, 0.05) is 31.6 Å². The van der Waals surface area contributed by atoms with Crippen molar-refractivity contribution in [1.29, 1.82) is 0 Å². The summed E-state index contributed by atoms with van der Waals surface area (Å²) in [4.78, 5) is 11.7. The molecule has 2 N–H and O–H groups in total. The Morgan fingerprint density at radius 2 is 2.00 bits per heavy atom. The van der Waals surface area contributed by atoms with Crippen LogP contribution in [0, 0.1) is 6.92 Å². The van der Waals surface area contributed by atoms with E-state index in [0.717, 1.165) is 35.9 Å². The Bertz CT molecular complexity index is 458. The lowest BCUT2D eigenvalue weighted by Crippen LogP contribution is -2.37. The van der Waals surface area contributed by atoms with Gasteiger partial charge in [-0.25, -0.2) is 9.97 Å². The number of hydrogen-bond acceptors (Lipinski definition) is 5. The van der Waals surface area contributed by atoms with E-state index in [0.29, 0.717) is 12.6 Å². The lowest BCUT2D eigenvalue weighted by atomic mass is 10.1. The van der Waals surface area contributed by atoms with Crippen molar-refractivity contribution < 1.29 is 5.11 Å². The predicted molar refractivity (Wildman–Crippen MR) is 87.0 cm³/mol. The Kier molecular flexibility index (Phi) is 5.79. The Morgan fingerprint density at radius 3 is 2.57 bits per heavy atom. The summed E-state index contributed by atoms with van der Waals surface area (Å²) >= 11 is 0. The van der Waals surface area contributed by atoms with E-state index in [1.165, 1.54) is 25.7 Å². The smallest absolute Gasteiger partial charge is 0.137 e. The molecule has 5 heteroatoms. The topological polar surface area (TPSA) is 61.3 Å². The van der Waals surface area contributed by atoms with Crippen LogP contribution in [0.2, 0.25) is 0 Å². The fraction of sp³-hybridized carbons (Fsp3) is 0.750. The van der Waals surface area contributed by atoms with E-state index < -0.39 is 0 Å². The number of aliphatic hydroxyl groups excluding tert-OH is 1. The van der Waals surface area contributed by atoms with Gasteiger partial charge in [-0.3, -0.25) is 0 Å². The van der Waals surface area contributed by atoms with Crippen LogP contribution < -0.4 is 10.2 Å². The number of aliphatic hydroxyl groups is 1. The summed E-state index contributed by atoms with van der Waals surface area (Å²) in [6, 6.07) is 0.505. The minimum Gasteiger partial charge on any atom is -0.395 e. The summed E-state index contributed by atoms with van der Waals surface area (Å²) in [5.74, 6) is 2.80. The first-order valence-electron chi connectivity index (χ1n) is 8.14. The summed E-state index contributed by atoms with van der Waals surface area (Å²) < 4.78 is 0. The Balaban J connectivity index is 2.39. The molecule has 1 aliphatic rings. The van der Waals surface area contributed by atoms with Crippen molar-refractivity contribution in [3.63, 3.8) is 0 Å². The Morgan fingerprint density at radius 1 is 1.29 bits per heavy atom. The average Bonchev–Trinajstić information content (AvgIpc) is 3.01. The van der Waals surface area contributed by atoms with Crippen molar-refractivity contribution in [3.8, 4) is 0 Å². The molecule has 1 aromatic heterocycles. The highest BCUT2D eigenvalue weighted by Crippen LogP contribution is 2.31. The van der Waals surface area contributed by atoms with Crippen LogP contribution in [0.3, 0.4) is 0 Å². The fourth-order valence-electron chi connectivity index (χ4n) is 3.19. The molecule has 0 atom stereocenters. The fourth-order valence-corrected chi connectivity index (χ4v) is 3.19. The van der Waals surface area contributed by atoms with Gasteiger partial charge in [0.05, 0.1) is 6.61 Å². The van der Waals surface area contributed by atoms with E-state index in [9.17, 15) is 5.11 Å². The standard InChI is InChI=1S/C16H28N4O/c1-4-7-14-18-15(17-3)12(2)16(19-14)20(10-11-21)13-8-5-6-9-13/h13,21H,4-11H2,1-3H3,(H,17,18,19). The lowest BCUT2D eigenvalue weighted by Gasteiger charge is -2.31. The second-order valence-electron chi connectivity index (χ2n) is 5.79. The van der Waals surface area contributed by atoms with Gasteiger partial charge in [0.15, 0.2) is 0 Å². The first kappa shape index (κ1) is 16.0. The van der Waals surface area contributed by atoms with Gasteiger partial charge in [0.25, 0.3) is 0 Å². The lowest BCUT2D eigenvalue weighted by molar-refractivity contribution is 0.296. The highest BCUT2D eigenvalue weighted by molar-refractivity contribution is 5.59. The van der Waals surface area contributed by atoms with Crippen molar-refractivity contribution in [2.75, 3.05) is 30.4 Å². The van der Waals surface area contributed by atoms with Crippen molar-refractivity contribution in [3.05, 3.63) is 11.4 Å². The molecule has 118 valence electrons. The average molecular weight is 292 g/mol. The van der Waals surface area contributed by atoms with Crippen LogP contribution in [-0.4, -0.2) is 41.3 Å². The van der Waals surface area contributed by atoms with E-state index in [1.54, 1.807) is 0 Å². The molecule has 21 heavy (non-hydrogen) atoms. The van der Waals surface area contributed by atoms with E-state index in [2.05, 4.69) is 29.0 Å². The number of nitrogens with zero attached hydrogens (tertiary/aromatic N) is 3. The largest absolute Gasteiger partial charge is 0.395 e. The summed E-state index contributed by atoms with van der Waals surface area (Å²) in [6.07, 6.45) is 6.87. The SMILES string of the molecule is CCCc1nc(NC)c(C)c(N(CCO)C2CCCC2)n1. The summed E-state index contributed by atoms with van der Waals surface area (Å²) in [5, 5.41) is 12.6. The molecule has 0 aromatic carbocycles. The molecule has 0 bridgehead atoms. The van der Waals surface area contributed by atoms with Gasteiger partial charge < -0.3 is 15.3 Å². The maximum Gasteiger partial charge on any atom is 0.137 e. The third kappa shape index (κ3) is 3.64. The molecule has 1 aromatic rings. The van der Waals surface area contributed by atoms with Gasteiger partial charge in [-0.05, 0) is 26.2 Å². The number of rotatable bonds is 7. The molecule has 0 unspecified atom stereocenters. The Labute approximate surface area is 127 Å². The first-order valence-corrected chi connectivity index (χ1v) is 8.14. The zero-order valence-electron chi connectivity index (χ0n) is 13.5. The number of aryl methyl sites for hydroxylation is 1. The quantitative estimate of drug-likeness (QED) is 0.808. The van der Waals surface area contributed by atoms with Crippen molar-refractivity contribution in [1.82, 2.24) is 9.97 Å². The van der Waals surface area contributed by atoms with Crippen LogP contribution in [0.25, 0.3) is 0 Å². The molecule has 1 aliphatic carbocycles. The maximum absolute atomic E-state index is 9.45. The normalized spacial score (nSPS) is 15.4. The van der Waals surface area contributed by atoms with Crippen molar-refractivity contribution in [2.45, 2.75) is 58.4 Å². The minimum absolute atomic E-state index is 0.165. The highest BCUT2D eigenvalue weighted by Gasteiger charge is 2.26. The summed E-state index contributed by atoms with van der Waals surface area (Å²) in [5.41, 5.74) is 1.08. The number of aromatic nitrogens is 2. The second kappa shape index (κ2) is 7.59. The van der Waals surface area contributed by atoms with Gasteiger partial charge in [-0.1, -0.05) is 19.8 Å². The molecule has 0 saturated heterocycles. The van der Waals surface area contributed by atoms with Gasteiger partial charge in [-0.2, -0.15) is 0 Å². The molecular formula is C16H28N4O. The molecule has 5 nitrogen and oxygen atoms in total. The molecule has 0 spiro atoms. The number of anilines is 2. The third-order valence-electron chi connectivity index (χ3n) is 4.26. The monoisotopic (exact) mass is 292 g/mol.